The van der Waals surface area contributed by atoms with E-state index in [1.807, 2.05) is 31.2 Å². The van der Waals surface area contributed by atoms with Crippen molar-refractivity contribution in [2.75, 3.05) is 0 Å². The predicted octanol–water partition coefficient (Wildman–Crippen LogP) is 2.64. The van der Waals surface area contributed by atoms with Gasteiger partial charge in [0.1, 0.15) is 5.78 Å². The summed E-state index contributed by atoms with van der Waals surface area (Å²) in [5.41, 5.74) is 1.06. The molecule has 62 valence electrons. The zero-order valence-corrected chi connectivity index (χ0v) is 7.51. The monoisotopic (exact) mass is 180 g/mol. The van der Waals surface area contributed by atoms with E-state index < -0.39 is 0 Å². The predicted molar refractivity (Wildman–Crippen MR) is 48.4 cm³/mol. The number of hydrogen-bond donors (Lipinski definition) is 0. The van der Waals surface area contributed by atoms with Crippen LogP contribution in [0, 0.1) is 5.92 Å². The van der Waals surface area contributed by atoms with Crippen molar-refractivity contribution in [2.24, 2.45) is 5.92 Å². The molecule has 1 nitrogen and oxygen atoms in total. The fraction of sp³-hybridized carbons (Fsp3) is 0.300. The van der Waals surface area contributed by atoms with Crippen molar-refractivity contribution in [2.45, 2.75) is 12.8 Å². The van der Waals surface area contributed by atoms with Gasteiger partial charge in [-0.15, -0.1) is 0 Å². The van der Waals surface area contributed by atoms with Gasteiger partial charge in [-0.25, -0.2) is 0 Å². The van der Waals surface area contributed by atoms with E-state index >= 15 is 0 Å². The topological polar surface area (TPSA) is 17.1 Å². The zero-order chi connectivity index (χ0) is 8.72. The van der Waals surface area contributed by atoms with Gasteiger partial charge in [0, 0.05) is 10.9 Å². The van der Waals surface area contributed by atoms with Crippen molar-refractivity contribution >= 4 is 17.4 Å². The average Bonchev–Trinajstić information content (AvgIpc) is 2.60. The smallest absolute Gasteiger partial charge is 0.144 e. The van der Waals surface area contributed by atoms with Crippen molar-refractivity contribution in [3.8, 4) is 0 Å². The summed E-state index contributed by atoms with van der Waals surface area (Å²) in [4.78, 5) is 11.1. The second kappa shape index (κ2) is 2.60. The highest BCUT2D eigenvalue weighted by Gasteiger charge is 2.46. The van der Waals surface area contributed by atoms with Crippen molar-refractivity contribution in [1.82, 2.24) is 0 Å². The third-order valence-electron chi connectivity index (χ3n) is 2.35. The molecule has 2 heteroatoms. The fourth-order valence-corrected chi connectivity index (χ4v) is 1.72. The van der Waals surface area contributed by atoms with Gasteiger partial charge in [-0.3, -0.25) is 4.79 Å². The van der Waals surface area contributed by atoms with Crippen LogP contribution in [0.1, 0.15) is 18.4 Å². The number of benzene rings is 1. The molecule has 2 unspecified atom stereocenters. The first-order chi connectivity index (χ1) is 5.70. The van der Waals surface area contributed by atoms with Gasteiger partial charge in [0.25, 0.3) is 0 Å². The minimum absolute atomic E-state index is 0.115. The van der Waals surface area contributed by atoms with Crippen molar-refractivity contribution in [1.29, 1.82) is 0 Å². The Morgan fingerprint density at radius 3 is 2.58 bits per heavy atom. The summed E-state index contributed by atoms with van der Waals surface area (Å²) < 4.78 is 0. The molecule has 1 aromatic rings. The lowest BCUT2D eigenvalue weighted by Gasteiger charge is -1.95. The van der Waals surface area contributed by atoms with E-state index in [4.69, 9.17) is 11.6 Å². The molecule has 0 aliphatic heterocycles. The summed E-state index contributed by atoms with van der Waals surface area (Å²) in [5, 5.41) is 0.708. The summed E-state index contributed by atoms with van der Waals surface area (Å²) in [5.74, 6) is 0.643. The molecule has 0 radical (unpaired) electrons. The van der Waals surface area contributed by atoms with Crippen LogP contribution in [-0.4, -0.2) is 5.78 Å². The standard InChI is InChI=1S/C10H9ClO/c1-6-9(10(6)12)7-3-2-4-8(11)5-7/h2-6,9H,1H3. The van der Waals surface area contributed by atoms with Gasteiger partial charge in [-0.1, -0.05) is 30.7 Å². The highest BCUT2D eigenvalue weighted by atomic mass is 35.5. The summed E-state index contributed by atoms with van der Waals surface area (Å²) in [7, 11) is 0. The first-order valence-corrected chi connectivity index (χ1v) is 4.37. The van der Waals surface area contributed by atoms with Crippen LogP contribution in [0.3, 0.4) is 0 Å². The van der Waals surface area contributed by atoms with E-state index in [-0.39, 0.29) is 11.8 Å². The van der Waals surface area contributed by atoms with Gasteiger partial charge in [-0.2, -0.15) is 0 Å². The fourth-order valence-electron chi connectivity index (χ4n) is 1.52. The number of hydrogen-bond acceptors (Lipinski definition) is 1. The molecule has 0 heterocycles. The first kappa shape index (κ1) is 7.81. The van der Waals surface area contributed by atoms with Crippen LogP contribution in [0.5, 0.6) is 0 Å². The van der Waals surface area contributed by atoms with E-state index in [9.17, 15) is 4.79 Å². The number of carbonyl (C=O) groups is 1. The molecule has 2 rings (SSSR count). The van der Waals surface area contributed by atoms with Crippen LogP contribution in [0.4, 0.5) is 0 Å². The molecular weight excluding hydrogens is 172 g/mol. The Bertz CT molecular complexity index is 332. The Hall–Kier alpha value is -0.820. The number of halogens is 1. The van der Waals surface area contributed by atoms with Crippen LogP contribution in [0.2, 0.25) is 5.02 Å². The molecule has 1 aliphatic rings. The molecule has 0 amide bonds. The molecule has 1 fully saturated rings. The Labute approximate surface area is 76.4 Å². The molecule has 1 saturated carbocycles. The molecule has 0 spiro atoms. The first-order valence-electron chi connectivity index (χ1n) is 3.99. The Balaban J connectivity index is 2.31. The lowest BCUT2D eigenvalue weighted by Crippen LogP contribution is -1.80. The lowest BCUT2D eigenvalue weighted by molar-refractivity contribution is -0.111. The van der Waals surface area contributed by atoms with Gasteiger partial charge < -0.3 is 0 Å². The largest absolute Gasteiger partial charge is 0.299 e. The zero-order valence-electron chi connectivity index (χ0n) is 6.75. The van der Waals surface area contributed by atoms with Gasteiger partial charge >= 0.3 is 0 Å². The van der Waals surface area contributed by atoms with E-state index in [0.717, 1.165) is 5.56 Å². The molecule has 1 aromatic carbocycles. The molecule has 0 aromatic heterocycles. The second-order valence-electron chi connectivity index (χ2n) is 3.22. The van der Waals surface area contributed by atoms with Crippen molar-refractivity contribution in [3.63, 3.8) is 0 Å². The normalized spacial score (nSPS) is 27.3. The van der Waals surface area contributed by atoms with Crippen molar-refractivity contribution in [3.05, 3.63) is 34.9 Å². The van der Waals surface area contributed by atoms with E-state index in [1.165, 1.54) is 0 Å². The maximum Gasteiger partial charge on any atom is 0.144 e. The van der Waals surface area contributed by atoms with Gasteiger partial charge in [0.15, 0.2) is 0 Å². The minimum atomic E-state index is 0.115. The SMILES string of the molecule is CC1C(=O)C1c1cccc(Cl)c1. The van der Waals surface area contributed by atoms with Crippen molar-refractivity contribution < 1.29 is 4.79 Å². The van der Waals surface area contributed by atoms with Crippen LogP contribution >= 0.6 is 11.6 Å². The van der Waals surface area contributed by atoms with Crippen LogP contribution < -0.4 is 0 Å². The maximum atomic E-state index is 11.1. The maximum absolute atomic E-state index is 11.1. The van der Waals surface area contributed by atoms with Crippen LogP contribution in [-0.2, 0) is 4.79 Å². The summed E-state index contributed by atoms with van der Waals surface area (Å²) in [6.07, 6.45) is 0. The summed E-state index contributed by atoms with van der Waals surface area (Å²) >= 11 is 5.80. The van der Waals surface area contributed by atoms with E-state index in [0.29, 0.717) is 10.8 Å². The molecule has 2 atom stereocenters. The molecule has 0 saturated heterocycles. The number of ketones is 1. The average molecular weight is 181 g/mol. The van der Waals surface area contributed by atoms with Gasteiger partial charge in [0.2, 0.25) is 0 Å². The third-order valence-corrected chi connectivity index (χ3v) is 2.59. The van der Waals surface area contributed by atoms with E-state index in [2.05, 4.69) is 0 Å². The molecule has 0 bridgehead atoms. The van der Waals surface area contributed by atoms with Gasteiger partial charge in [-0.05, 0) is 17.7 Å². The number of rotatable bonds is 1. The van der Waals surface area contributed by atoms with E-state index in [1.54, 1.807) is 0 Å². The minimum Gasteiger partial charge on any atom is -0.299 e. The third kappa shape index (κ3) is 1.14. The Kier molecular flexibility index (Phi) is 1.69. The highest BCUT2D eigenvalue weighted by molar-refractivity contribution is 6.30. The Morgan fingerprint density at radius 1 is 1.42 bits per heavy atom. The Morgan fingerprint density at radius 2 is 2.08 bits per heavy atom. The lowest BCUT2D eigenvalue weighted by atomic mass is 10.1. The summed E-state index contributed by atoms with van der Waals surface area (Å²) in [6.45, 7) is 1.95. The quantitative estimate of drug-likeness (QED) is 0.650. The molecule has 1 aliphatic carbocycles. The number of Topliss-reactive ketones (excluding diaryl/α,β-unsaturated/α-hetero) is 1. The molecule has 12 heavy (non-hydrogen) atoms. The van der Waals surface area contributed by atoms with Crippen LogP contribution in [0.25, 0.3) is 0 Å². The summed E-state index contributed by atoms with van der Waals surface area (Å²) in [6, 6.07) is 7.53. The second-order valence-corrected chi connectivity index (χ2v) is 3.66. The molecule has 0 N–H and O–H groups in total. The van der Waals surface area contributed by atoms with Gasteiger partial charge in [0.05, 0.1) is 5.92 Å². The number of carbonyl (C=O) groups excluding carboxylic acids is 1. The highest BCUT2D eigenvalue weighted by Crippen LogP contribution is 2.42. The van der Waals surface area contributed by atoms with Crippen LogP contribution in [0.15, 0.2) is 24.3 Å². The molecular formula is C10H9ClO.